The topological polar surface area (TPSA) is 30.0 Å². The molecule has 100 valence electrons. The predicted molar refractivity (Wildman–Crippen MR) is 83.6 cm³/mol. The lowest BCUT2D eigenvalue weighted by atomic mass is 9.74. The Morgan fingerprint density at radius 3 is 2.79 bits per heavy atom. The van der Waals surface area contributed by atoms with Gasteiger partial charge in [-0.25, -0.2) is 0 Å². The molecule has 0 radical (unpaired) electrons. The number of ketones is 1. The van der Waals surface area contributed by atoms with Gasteiger partial charge in [0.25, 0.3) is 0 Å². The molecule has 1 aliphatic rings. The average Bonchev–Trinajstić information content (AvgIpc) is 2.93. The van der Waals surface area contributed by atoms with Gasteiger partial charge in [-0.05, 0) is 23.7 Å². The van der Waals surface area contributed by atoms with Crippen LogP contribution in [0.1, 0.15) is 36.2 Å². The second-order valence-electron chi connectivity index (χ2n) is 5.58. The van der Waals surface area contributed by atoms with Crippen molar-refractivity contribution in [3.8, 4) is 9.75 Å². The standard InChI is InChI=1S/C14H15NOS3/c1-14(2)4-8-11(9(16)5-14)13(17-3)19-12(8)10-6-15-7-18-10/h6-7H,4-5H2,1-3H3. The van der Waals surface area contributed by atoms with E-state index in [1.165, 1.54) is 19.5 Å². The number of carbonyl (C=O) groups is 1. The van der Waals surface area contributed by atoms with E-state index < -0.39 is 0 Å². The van der Waals surface area contributed by atoms with Gasteiger partial charge in [0.15, 0.2) is 5.78 Å². The van der Waals surface area contributed by atoms with Crippen LogP contribution in [0.25, 0.3) is 9.75 Å². The molecule has 0 spiro atoms. The monoisotopic (exact) mass is 309 g/mol. The van der Waals surface area contributed by atoms with Crippen LogP contribution < -0.4 is 0 Å². The summed E-state index contributed by atoms with van der Waals surface area (Å²) in [6, 6.07) is 0. The van der Waals surface area contributed by atoms with Crippen molar-refractivity contribution < 1.29 is 4.79 Å². The molecule has 0 saturated heterocycles. The molecular weight excluding hydrogens is 294 g/mol. The number of thiazole rings is 1. The molecule has 2 heterocycles. The van der Waals surface area contributed by atoms with Crippen molar-refractivity contribution in [2.75, 3.05) is 6.26 Å². The van der Waals surface area contributed by atoms with E-state index in [-0.39, 0.29) is 5.41 Å². The molecular formula is C14H15NOS3. The highest BCUT2D eigenvalue weighted by Crippen LogP contribution is 2.48. The molecule has 0 aromatic carbocycles. The van der Waals surface area contributed by atoms with Crippen molar-refractivity contribution in [2.24, 2.45) is 5.41 Å². The number of hydrogen-bond acceptors (Lipinski definition) is 5. The second-order valence-corrected chi connectivity index (χ2v) is 8.56. The highest BCUT2D eigenvalue weighted by Gasteiger charge is 2.36. The number of carbonyl (C=O) groups excluding carboxylic acids is 1. The molecule has 2 aromatic heterocycles. The van der Waals surface area contributed by atoms with Gasteiger partial charge in [-0.1, -0.05) is 13.8 Å². The van der Waals surface area contributed by atoms with Crippen molar-refractivity contribution >= 4 is 40.2 Å². The first kappa shape index (κ1) is 13.3. The highest BCUT2D eigenvalue weighted by molar-refractivity contribution is 8.00. The fourth-order valence-electron chi connectivity index (χ4n) is 2.63. The largest absolute Gasteiger partial charge is 0.294 e. The summed E-state index contributed by atoms with van der Waals surface area (Å²) in [4.78, 5) is 19.1. The zero-order valence-electron chi connectivity index (χ0n) is 11.1. The molecule has 0 aliphatic heterocycles. The molecule has 0 bridgehead atoms. The molecule has 2 nitrogen and oxygen atoms in total. The van der Waals surface area contributed by atoms with E-state index in [4.69, 9.17) is 0 Å². The van der Waals surface area contributed by atoms with Crippen LogP contribution in [0.15, 0.2) is 15.9 Å². The van der Waals surface area contributed by atoms with E-state index in [2.05, 4.69) is 25.1 Å². The predicted octanol–water partition coefficient (Wildman–Crippen LogP) is 4.75. The maximum atomic E-state index is 12.4. The molecule has 5 heteroatoms. The first-order valence-corrected chi connectivity index (χ1v) is 9.05. The summed E-state index contributed by atoms with van der Waals surface area (Å²) in [7, 11) is 0. The number of thioether (sulfide) groups is 1. The molecule has 0 N–H and O–H groups in total. The lowest BCUT2D eigenvalue weighted by molar-refractivity contribution is 0.0910. The molecule has 0 fully saturated rings. The first-order chi connectivity index (χ1) is 9.02. The number of hydrogen-bond donors (Lipinski definition) is 0. The molecule has 0 unspecified atom stereocenters. The summed E-state index contributed by atoms with van der Waals surface area (Å²) in [5.41, 5.74) is 4.16. The Bertz CT molecular complexity index is 625. The van der Waals surface area contributed by atoms with Gasteiger partial charge >= 0.3 is 0 Å². The Morgan fingerprint density at radius 1 is 1.37 bits per heavy atom. The third kappa shape index (κ3) is 2.28. The Hall–Kier alpha value is -0.650. The van der Waals surface area contributed by atoms with E-state index >= 15 is 0 Å². The Labute approximate surface area is 125 Å². The molecule has 1 aliphatic carbocycles. The van der Waals surface area contributed by atoms with Gasteiger partial charge < -0.3 is 0 Å². The molecule has 19 heavy (non-hydrogen) atoms. The highest BCUT2D eigenvalue weighted by atomic mass is 32.2. The van der Waals surface area contributed by atoms with E-state index in [0.717, 1.165) is 12.0 Å². The summed E-state index contributed by atoms with van der Waals surface area (Å²) in [6.07, 6.45) is 5.60. The molecule has 0 atom stereocenters. The van der Waals surface area contributed by atoms with Crippen molar-refractivity contribution in [3.05, 3.63) is 22.8 Å². The Kier molecular flexibility index (Phi) is 3.31. The number of aromatic nitrogens is 1. The van der Waals surface area contributed by atoms with Crippen LogP contribution in [0.5, 0.6) is 0 Å². The van der Waals surface area contributed by atoms with Crippen LogP contribution >= 0.6 is 34.4 Å². The van der Waals surface area contributed by atoms with Gasteiger partial charge in [-0.15, -0.1) is 34.4 Å². The smallest absolute Gasteiger partial charge is 0.165 e. The number of fused-ring (bicyclic) bond motifs is 1. The zero-order chi connectivity index (χ0) is 13.6. The van der Waals surface area contributed by atoms with E-state index in [1.54, 1.807) is 34.4 Å². The van der Waals surface area contributed by atoms with Crippen LogP contribution in [-0.2, 0) is 6.42 Å². The minimum absolute atomic E-state index is 0.0697. The second kappa shape index (κ2) is 4.72. The van der Waals surface area contributed by atoms with Gasteiger partial charge in [0.1, 0.15) is 0 Å². The Balaban J connectivity index is 2.21. The van der Waals surface area contributed by atoms with Crippen molar-refractivity contribution in [1.82, 2.24) is 4.98 Å². The molecule has 3 rings (SSSR count). The summed E-state index contributed by atoms with van der Waals surface area (Å²) < 4.78 is 1.17. The zero-order valence-corrected chi connectivity index (χ0v) is 13.6. The Morgan fingerprint density at radius 2 is 2.16 bits per heavy atom. The van der Waals surface area contributed by atoms with Crippen LogP contribution in [-0.4, -0.2) is 17.0 Å². The minimum atomic E-state index is 0.0697. The molecule has 0 amide bonds. The van der Waals surface area contributed by atoms with Gasteiger partial charge in [0, 0.05) is 18.2 Å². The third-order valence-corrected chi connectivity index (χ3v) is 6.69. The number of Topliss-reactive ketones (excluding diaryl/α,β-unsaturated/α-hetero) is 1. The van der Waals surface area contributed by atoms with Gasteiger partial charge in [-0.2, -0.15) is 0 Å². The number of rotatable bonds is 2. The quantitative estimate of drug-likeness (QED) is 0.750. The molecule has 0 saturated carbocycles. The maximum absolute atomic E-state index is 12.4. The lowest BCUT2D eigenvalue weighted by Crippen LogP contribution is -2.26. The minimum Gasteiger partial charge on any atom is -0.294 e. The van der Waals surface area contributed by atoms with Crippen molar-refractivity contribution in [2.45, 2.75) is 30.9 Å². The first-order valence-electron chi connectivity index (χ1n) is 6.13. The third-order valence-electron chi connectivity index (χ3n) is 3.39. The summed E-state index contributed by atoms with van der Waals surface area (Å²) in [5, 5.41) is 0. The van der Waals surface area contributed by atoms with Crippen LogP contribution in [0.2, 0.25) is 0 Å². The fraction of sp³-hybridized carbons (Fsp3) is 0.429. The van der Waals surface area contributed by atoms with Crippen LogP contribution in [0.3, 0.4) is 0 Å². The van der Waals surface area contributed by atoms with Crippen LogP contribution in [0.4, 0.5) is 0 Å². The normalized spacial score (nSPS) is 17.5. The maximum Gasteiger partial charge on any atom is 0.165 e. The van der Waals surface area contributed by atoms with E-state index in [1.807, 2.05) is 11.7 Å². The van der Waals surface area contributed by atoms with Crippen LogP contribution in [0, 0.1) is 5.41 Å². The fourth-order valence-corrected chi connectivity index (χ4v) is 5.48. The van der Waals surface area contributed by atoms with E-state index in [9.17, 15) is 4.79 Å². The van der Waals surface area contributed by atoms with Gasteiger partial charge in [-0.3, -0.25) is 9.78 Å². The van der Waals surface area contributed by atoms with Crippen molar-refractivity contribution in [3.63, 3.8) is 0 Å². The van der Waals surface area contributed by atoms with E-state index in [0.29, 0.717) is 12.2 Å². The molecule has 2 aromatic rings. The lowest BCUT2D eigenvalue weighted by Gasteiger charge is -2.29. The SMILES string of the molecule is CSc1sc(-c2cncs2)c2c1C(=O)CC(C)(C)C2. The summed E-state index contributed by atoms with van der Waals surface area (Å²) >= 11 is 5.09. The van der Waals surface area contributed by atoms with Gasteiger partial charge in [0.05, 0.1) is 19.5 Å². The summed E-state index contributed by atoms with van der Waals surface area (Å²) in [5.74, 6) is 0.308. The number of nitrogens with zero attached hydrogens (tertiary/aromatic N) is 1. The summed E-state index contributed by atoms with van der Waals surface area (Å²) in [6.45, 7) is 4.36. The average molecular weight is 309 g/mol. The number of thiophene rings is 1. The van der Waals surface area contributed by atoms with Gasteiger partial charge in [0.2, 0.25) is 0 Å². The van der Waals surface area contributed by atoms with Crippen molar-refractivity contribution in [1.29, 1.82) is 0 Å².